The van der Waals surface area contributed by atoms with Gasteiger partial charge in [0.1, 0.15) is 23.7 Å². The van der Waals surface area contributed by atoms with Gasteiger partial charge in [-0.15, -0.1) is 0 Å². The van der Waals surface area contributed by atoms with Crippen LogP contribution >= 0.6 is 0 Å². The van der Waals surface area contributed by atoms with E-state index in [0.717, 1.165) is 38.5 Å². The van der Waals surface area contributed by atoms with Crippen LogP contribution in [0.25, 0.3) is 0 Å². The molecule has 0 aromatic heterocycles. The number of amides is 6. The van der Waals surface area contributed by atoms with E-state index in [1.165, 1.54) is 4.90 Å². The average Bonchev–Trinajstić information content (AvgIpc) is 3.73. The summed E-state index contributed by atoms with van der Waals surface area (Å²) in [6.45, 7) is 6.54. The highest BCUT2D eigenvalue weighted by molar-refractivity contribution is 6.38. The second kappa shape index (κ2) is 16.7. The summed E-state index contributed by atoms with van der Waals surface area (Å²) in [6, 6.07) is 4.67. The molecule has 3 saturated carbocycles. The van der Waals surface area contributed by atoms with Crippen LogP contribution in [0.5, 0.6) is 0 Å². The monoisotopic (exact) mass is 736 g/mol. The summed E-state index contributed by atoms with van der Waals surface area (Å²) >= 11 is 0. The summed E-state index contributed by atoms with van der Waals surface area (Å²) < 4.78 is 5.54. The van der Waals surface area contributed by atoms with Gasteiger partial charge in [0.05, 0.1) is 12.6 Å². The fourth-order valence-electron chi connectivity index (χ4n) is 8.58. The van der Waals surface area contributed by atoms with Crippen LogP contribution in [0.2, 0.25) is 0 Å². The van der Waals surface area contributed by atoms with Crippen molar-refractivity contribution in [3.05, 3.63) is 35.9 Å². The van der Waals surface area contributed by atoms with E-state index in [1.54, 1.807) is 70.1 Å². The average molecular weight is 737 g/mol. The number of likely N-dealkylation sites (N-methyl/N-ethyl adjacent to an activating group) is 1. The number of carbonyl (C=O) groups excluding carboxylic acids is 7. The Morgan fingerprint density at radius 3 is 2.19 bits per heavy atom. The molecule has 1 aromatic rings. The number of alkyl carbamates (subject to hydrolysis) is 1. The number of benzene rings is 1. The molecule has 8 unspecified atom stereocenters. The SMILES string of the molecule is CCCC(NC(=O)C1C2CC(C3CC32)N1C(=O)C(NC(=O)OC(C)(C)C)C1CCCCC1)C(=O)C(=O)NCC(=O)NC(C(=O)N(C)C)c1ccccc1. The van der Waals surface area contributed by atoms with Crippen molar-refractivity contribution in [3.63, 3.8) is 0 Å². The Balaban J connectivity index is 1.26. The van der Waals surface area contributed by atoms with E-state index in [1.807, 2.05) is 6.92 Å². The van der Waals surface area contributed by atoms with Gasteiger partial charge in [-0.05, 0) is 82.1 Å². The number of nitrogens with zero attached hydrogens (tertiary/aromatic N) is 2. The van der Waals surface area contributed by atoms with Crippen LogP contribution in [-0.2, 0) is 33.5 Å². The van der Waals surface area contributed by atoms with Crippen molar-refractivity contribution < 1.29 is 38.3 Å². The molecule has 1 aromatic carbocycles. The Labute approximate surface area is 311 Å². The third-order valence-electron chi connectivity index (χ3n) is 11.1. The summed E-state index contributed by atoms with van der Waals surface area (Å²) in [7, 11) is 3.13. The lowest BCUT2D eigenvalue weighted by Crippen LogP contribution is -2.62. The zero-order chi connectivity index (χ0) is 38.6. The first-order valence-corrected chi connectivity index (χ1v) is 19.1. The van der Waals surface area contributed by atoms with Gasteiger partial charge < -0.3 is 35.8 Å². The molecule has 2 bridgehead atoms. The van der Waals surface area contributed by atoms with Crippen molar-refractivity contribution in [2.24, 2.45) is 23.7 Å². The number of rotatable bonds is 14. The summed E-state index contributed by atoms with van der Waals surface area (Å²) in [5.74, 6) is -3.35. The molecule has 4 N–H and O–H groups in total. The number of ether oxygens (including phenoxy) is 1. The van der Waals surface area contributed by atoms with Gasteiger partial charge in [0.2, 0.25) is 29.4 Å². The second-order valence-electron chi connectivity index (χ2n) is 16.3. The summed E-state index contributed by atoms with van der Waals surface area (Å²) in [4.78, 5) is 97.0. The number of fused-ring (bicyclic) bond motifs is 5. The quantitative estimate of drug-likeness (QED) is 0.210. The number of carbonyl (C=O) groups is 7. The predicted octanol–water partition coefficient (Wildman–Crippen LogP) is 2.61. The molecule has 3 aliphatic carbocycles. The standard InChI is InChI=1S/C39H56N6O8/c1-7-14-27(33(47)35(49)40-21-29(46)42-30(36(50)44(5)6)22-15-10-8-11-16-22)41-34(48)32-26-20-28(25-19-24(25)26)45(32)37(51)31(23-17-12-9-13-18-23)43-38(52)53-39(2,3)4/h8,10-11,15-16,23-28,30-32H,7,9,12-14,17-21H2,1-6H3,(H,40,49)(H,41,48)(H,42,46)(H,43,52). The highest BCUT2D eigenvalue weighted by Crippen LogP contribution is 2.63. The lowest BCUT2D eigenvalue weighted by atomic mass is 9.83. The molecule has 0 radical (unpaired) electrons. The van der Waals surface area contributed by atoms with Crippen molar-refractivity contribution in [2.75, 3.05) is 20.6 Å². The van der Waals surface area contributed by atoms with Crippen molar-refractivity contribution in [1.82, 2.24) is 31.1 Å². The van der Waals surface area contributed by atoms with E-state index < -0.39 is 65.9 Å². The minimum absolute atomic E-state index is 0.0835. The van der Waals surface area contributed by atoms with Crippen molar-refractivity contribution >= 4 is 41.4 Å². The number of hydrogen-bond donors (Lipinski definition) is 4. The molecule has 53 heavy (non-hydrogen) atoms. The van der Waals surface area contributed by atoms with Gasteiger partial charge in [-0.2, -0.15) is 0 Å². The Kier molecular flexibility index (Phi) is 12.5. The van der Waals surface area contributed by atoms with Crippen molar-refractivity contribution in [3.8, 4) is 0 Å². The minimum atomic E-state index is -1.18. The van der Waals surface area contributed by atoms with Crippen LogP contribution in [-0.4, -0.2) is 102 Å². The van der Waals surface area contributed by atoms with Crippen LogP contribution in [0.1, 0.15) is 97.1 Å². The van der Waals surface area contributed by atoms with E-state index in [2.05, 4.69) is 21.3 Å². The Morgan fingerprint density at radius 1 is 0.887 bits per heavy atom. The molecule has 5 rings (SSSR count). The maximum absolute atomic E-state index is 14.5. The molecule has 0 spiro atoms. The highest BCUT2D eigenvalue weighted by atomic mass is 16.6. The molecule has 14 nitrogen and oxygen atoms in total. The molecule has 290 valence electrons. The molecular weight excluding hydrogens is 680 g/mol. The molecular formula is C39H56N6O8. The van der Waals surface area contributed by atoms with E-state index in [4.69, 9.17) is 4.74 Å². The molecule has 1 heterocycles. The molecule has 6 amide bonds. The number of ketones is 1. The summed E-state index contributed by atoms with van der Waals surface area (Å²) in [5, 5.41) is 10.7. The van der Waals surface area contributed by atoms with Crippen molar-refractivity contribution in [1.29, 1.82) is 0 Å². The third-order valence-corrected chi connectivity index (χ3v) is 11.1. The molecule has 8 atom stereocenters. The smallest absolute Gasteiger partial charge is 0.408 e. The molecule has 4 aliphatic rings. The first-order chi connectivity index (χ1) is 25.1. The zero-order valence-corrected chi connectivity index (χ0v) is 31.8. The minimum Gasteiger partial charge on any atom is -0.444 e. The maximum atomic E-state index is 14.5. The first kappa shape index (κ1) is 39.7. The lowest BCUT2D eigenvalue weighted by Gasteiger charge is -2.39. The number of hydrogen-bond acceptors (Lipinski definition) is 8. The van der Waals surface area contributed by atoms with Gasteiger partial charge in [0, 0.05) is 20.1 Å². The van der Waals surface area contributed by atoms with Gasteiger partial charge in [-0.25, -0.2) is 4.79 Å². The third kappa shape index (κ3) is 9.36. The molecule has 4 fully saturated rings. The Morgan fingerprint density at radius 2 is 1.57 bits per heavy atom. The number of Topliss-reactive ketones (excluding diaryl/α,β-unsaturated/α-hetero) is 1. The molecule has 1 aliphatic heterocycles. The number of likely N-dealkylation sites (tertiary alicyclic amines) is 1. The van der Waals surface area contributed by atoms with Crippen molar-refractivity contribution in [2.45, 2.75) is 121 Å². The zero-order valence-electron chi connectivity index (χ0n) is 31.8. The Bertz CT molecular complexity index is 1550. The van der Waals surface area contributed by atoms with E-state index >= 15 is 0 Å². The van der Waals surface area contributed by atoms with Gasteiger partial charge in [0.25, 0.3) is 5.91 Å². The number of piperidine rings is 1. The molecule has 1 saturated heterocycles. The van der Waals surface area contributed by atoms with Gasteiger partial charge in [-0.1, -0.05) is 62.9 Å². The molecule has 14 heteroatoms. The van der Waals surface area contributed by atoms with E-state index in [9.17, 15) is 33.6 Å². The van der Waals surface area contributed by atoms with Crippen LogP contribution in [0.4, 0.5) is 4.79 Å². The first-order valence-electron chi connectivity index (χ1n) is 19.1. The fourth-order valence-corrected chi connectivity index (χ4v) is 8.58. The van der Waals surface area contributed by atoms with Crippen LogP contribution in [0, 0.1) is 23.7 Å². The second-order valence-corrected chi connectivity index (χ2v) is 16.3. The topological polar surface area (TPSA) is 183 Å². The van der Waals surface area contributed by atoms with Gasteiger partial charge >= 0.3 is 6.09 Å². The fraction of sp³-hybridized carbons (Fsp3) is 0.667. The van der Waals surface area contributed by atoms with Crippen LogP contribution in [0.15, 0.2) is 30.3 Å². The van der Waals surface area contributed by atoms with Crippen LogP contribution < -0.4 is 21.3 Å². The van der Waals surface area contributed by atoms with E-state index in [0.29, 0.717) is 30.2 Å². The van der Waals surface area contributed by atoms with Gasteiger partial charge in [0.15, 0.2) is 0 Å². The number of nitrogens with one attached hydrogen (secondary N) is 4. The summed E-state index contributed by atoms with van der Waals surface area (Å²) in [5.41, 5.74) is -0.197. The van der Waals surface area contributed by atoms with E-state index in [-0.39, 0.29) is 36.1 Å². The Hall–Kier alpha value is -4.49. The predicted molar refractivity (Wildman–Crippen MR) is 195 cm³/mol. The van der Waals surface area contributed by atoms with Crippen LogP contribution in [0.3, 0.4) is 0 Å². The lowest BCUT2D eigenvalue weighted by molar-refractivity contribution is -0.147. The largest absolute Gasteiger partial charge is 0.444 e. The van der Waals surface area contributed by atoms with Gasteiger partial charge in [-0.3, -0.25) is 28.8 Å². The normalized spacial score (nSPS) is 24.9. The maximum Gasteiger partial charge on any atom is 0.408 e. The summed E-state index contributed by atoms with van der Waals surface area (Å²) in [6.07, 6.45) is 6.05. The highest BCUT2D eigenvalue weighted by Gasteiger charge is 2.68.